The fourth-order valence-electron chi connectivity index (χ4n) is 1.87. The molecule has 0 spiro atoms. The molecule has 0 saturated carbocycles. The van der Waals surface area contributed by atoms with Crippen LogP contribution in [0.3, 0.4) is 0 Å². The summed E-state index contributed by atoms with van der Waals surface area (Å²) >= 11 is 0. The third-order valence-electron chi connectivity index (χ3n) is 2.89. The molecular weight excluding hydrogens is 244 g/mol. The highest BCUT2D eigenvalue weighted by Crippen LogP contribution is 2.38. The summed E-state index contributed by atoms with van der Waals surface area (Å²) < 4.78 is 15.7. The number of hydrogen-bond acceptors (Lipinski definition) is 4. The second-order valence-electron chi connectivity index (χ2n) is 4.06. The number of aliphatic hydroxyl groups excluding tert-OH is 1. The second-order valence-corrected chi connectivity index (χ2v) is 4.06. The monoisotopic (exact) mass is 264 g/mol. The van der Waals surface area contributed by atoms with Gasteiger partial charge in [0.1, 0.15) is 5.75 Å². The fourth-order valence-corrected chi connectivity index (χ4v) is 1.87. The van der Waals surface area contributed by atoms with Gasteiger partial charge in [0.25, 0.3) is 0 Å². The number of terminal acetylenes is 1. The predicted octanol–water partition coefficient (Wildman–Crippen LogP) is 2.55. The Kier molecular flexibility index (Phi) is 6.04. The van der Waals surface area contributed by atoms with Crippen LogP contribution in [0, 0.1) is 12.3 Å². The number of rotatable bonds is 7. The number of unbranched alkanes of at least 4 members (excludes halogenated alkanes) is 1. The summed E-state index contributed by atoms with van der Waals surface area (Å²) in [5.41, 5.74) is 0.678. The van der Waals surface area contributed by atoms with Crippen LogP contribution < -0.4 is 14.2 Å². The summed E-state index contributed by atoms with van der Waals surface area (Å²) in [6, 6.07) is 3.44. The molecule has 0 amide bonds. The zero-order chi connectivity index (χ0) is 14.3. The van der Waals surface area contributed by atoms with Crippen molar-refractivity contribution >= 4 is 0 Å². The van der Waals surface area contributed by atoms with Gasteiger partial charge in [-0.05, 0) is 18.9 Å². The van der Waals surface area contributed by atoms with Crippen LogP contribution in [0.2, 0.25) is 0 Å². The van der Waals surface area contributed by atoms with Gasteiger partial charge in [-0.1, -0.05) is 0 Å². The Morgan fingerprint density at radius 1 is 1.11 bits per heavy atom. The average molecular weight is 264 g/mol. The van der Waals surface area contributed by atoms with E-state index in [1.165, 1.54) is 0 Å². The van der Waals surface area contributed by atoms with Crippen LogP contribution in [0.15, 0.2) is 12.1 Å². The fraction of sp³-hybridized carbons (Fsp3) is 0.467. The number of ether oxygens (including phenoxy) is 3. The SMILES string of the molecule is C#CCCCC(O)c1cc(OC)c(OC)cc1OC. The lowest BCUT2D eigenvalue weighted by Gasteiger charge is -2.17. The molecule has 0 saturated heterocycles. The first kappa shape index (κ1) is 15.2. The second kappa shape index (κ2) is 7.55. The summed E-state index contributed by atoms with van der Waals surface area (Å²) in [6.45, 7) is 0. The van der Waals surface area contributed by atoms with Crippen molar-refractivity contribution in [3.05, 3.63) is 17.7 Å². The maximum Gasteiger partial charge on any atom is 0.164 e. The third kappa shape index (κ3) is 3.80. The molecule has 0 heterocycles. The lowest BCUT2D eigenvalue weighted by Crippen LogP contribution is -2.03. The van der Waals surface area contributed by atoms with Crippen molar-refractivity contribution < 1.29 is 19.3 Å². The van der Waals surface area contributed by atoms with Gasteiger partial charge in [0, 0.05) is 18.1 Å². The van der Waals surface area contributed by atoms with Crippen molar-refractivity contribution in [3.8, 4) is 29.6 Å². The van der Waals surface area contributed by atoms with Crippen LogP contribution in [0.4, 0.5) is 0 Å². The van der Waals surface area contributed by atoms with Gasteiger partial charge in [-0.3, -0.25) is 0 Å². The van der Waals surface area contributed by atoms with Gasteiger partial charge >= 0.3 is 0 Å². The molecule has 0 bridgehead atoms. The van der Waals surface area contributed by atoms with Crippen LogP contribution in [0.1, 0.15) is 30.9 Å². The van der Waals surface area contributed by atoms with Gasteiger partial charge in [0.2, 0.25) is 0 Å². The molecule has 1 N–H and O–H groups in total. The van der Waals surface area contributed by atoms with Crippen molar-refractivity contribution in [2.75, 3.05) is 21.3 Å². The summed E-state index contributed by atoms with van der Waals surface area (Å²) in [5, 5.41) is 10.2. The Morgan fingerprint density at radius 3 is 2.21 bits per heavy atom. The van der Waals surface area contributed by atoms with Crippen LogP contribution in [-0.2, 0) is 0 Å². The highest BCUT2D eigenvalue weighted by molar-refractivity contribution is 5.51. The molecule has 19 heavy (non-hydrogen) atoms. The summed E-state index contributed by atoms with van der Waals surface area (Å²) in [7, 11) is 4.66. The first-order chi connectivity index (χ1) is 9.17. The van der Waals surface area contributed by atoms with E-state index in [0.29, 0.717) is 35.7 Å². The molecule has 0 aliphatic rings. The molecule has 0 aromatic heterocycles. The number of benzene rings is 1. The molecule has 1 atom stereocenters. The van der Waals surface area contributed by atoms with E-state index < -0.39 is 6.10 Å². The average Bonchev–Trinajstić information content (AvgIpc) is 2.45. The predicted molar refractivity (Wildman–Crippen MR) is 73.7 cm³/mol. The number of hydrogen-bond donors (Lipinski definition) is 1. The minimum atomic E-state index is -0.636. The molecule has 1 aromatic carbocycles. The van der Waals surface area contributed by atoms with Crippen molar-refractivity contribution in [1.29, 1.82) is 0 Å². The summed E-state index contributed by atoms with van der Waals surface area (Å²) in [5.74, 6) is 4.26. The standard InChI is InChI=1S/C15H20O4/c1-5-6-7-8-12(16)11-9-14(18-3)15(19-4)10-13(11)17-2/h1,9-10,12,16H,6-8H2,2-4H3. The zero-order valence-electron chi connectivity index (χ0n) is 11.6. The summed E-state index contributed by atoms with van der Waals surface area (Å²) in [6.07, 6.45) is 6.55. The minimum absolute atomic E-state index is 0.564. The lowest BCUT2D eigenvalue weighted by atomic mass is 10.0. The molecule has 1 aromatic rings. The quantitative estimate of drug-likeness (QED) is 0.607. The number of aliphatic hydroxyl groups is 1. The molecule has 0 aliphatic carbocycles. The van der Waals surface area contributed by atoms with E-state index in [2.05, 4.69) is 5.92 Å². The largest absolute Gasteiger partial charge is 0.496 e. The lowest BCUT2D eigenvalue weighted by molar-refractivity contribution is 0.160. The maximum atomic E-state index is 10.2. The van der Waals surface area contributed by atoms with E-state index >= 15 is 0 Å². The Bertz CT molecular complexity index is 448. The molecule has 0 fully saturated rings. The highest BCUT2D eigenvalue weighted by atomic mass is 16.5. The zero-order valence-corrected chi connectivity index (χ0v) is 11.6. The van der Waals surface area contributed by atoms with E-state index in [1.807, 2.05) is 0 Å². The molecular formula is C15H20O4. The topological polar surface area (TPSA) is 47.9 Å². The Labute approximate surface area is 114 Å². The van der Waals surface area contributed by atoms with E-state index in [9.17, 15) is 5.11 Å². The molecule has 4 heteroatoms. The van der Waals surface area contributed by atoms with E-state index in [1.54, 1.807) is 33.5 Å². The normalized spacial score (nSPS) is 11.5. The minimum Gasteiger partial charge on any atom is -0.496 e. The van der Waals surface area contributed by atoms with Gasteiger partial charge in [-0.2, -0.15) is 0 Å². The number of methoxy groups -OCH3 is 3. The van der Waals surface area contributed by atoms with Crippen LogP contribution in [0.5, 0.6) is 17.2 Å². The van der Waals surface area contributed by atoms with Crippen LogP contribution >= 0.6 is 0 Å². The van der Waals surface area contributed by atoms with E-state index in [-0.39, 0.29) is 0 Å². The Hall–Kier alpha value is -1.86. The first-order valence-electron chi connectivity index (χ1n) is 6.09. The van der Waals surface area contributed by atoms with Gasteiger partial charge in [0.15, 0.2) is 11.5 Å². The molecule has 0 radical (unpaired) electrons. The van der Waals surface area contributed by atoms with Gasteiger partial charge in [0.05, 0.1) is 27.4 Å². The smallest absolute Gasteiger partial charge is 0.164 e. The van der Waals surface area contributed by atoms with Crippen molar-refractivity contribution in [1.82, 2.24) is 0 Å². The highest BCUT2D eigenvalue weighted by Gasteiger charge is 2.17. The first-order valence-corrected chi connectivity index (χ1v) is 6.09. The molecule has 1 rings (SSSR count). The van der Waals surface area contributed by atoms with Gasteiger partial charge < -0.3 is 19.3 Å². The van der Waals surface area contributed by atoms with Crippen LogP contribution in [0.25, 0.3) is 0 Å². The molecule has 0 aliphatic heterocycles. The van der Waals surface area contributed by atoms with Crippen molar-refractivity contribution in [2.45, 2.75) is 25.4 Å². The van der Waals surface area contributed by atoms with Crippen LogP contribution in [-0.4, -0.2) is 26.4 Å². The van der Waals surface area contributed by atoms with Crippen molar-refractivity contribution in [3.63, 3.8) is 0 Å². The van der Waals surface area contributed by atoms with Gasteiger partial charge in [-0.25, -0.2) is 0 Å². The summed E-state index contributed by atoms with van der Waals surface area (Å²) in [4.78, 5) is 0. The Balaban J connectivity index is 3.01. The molecule has 4 nitrogen and oxygen atoms in total. The Morgan fingerprint density at radius 2 is 1.68 bits per heavy atom. The molecule has 1 unspecified atom stereocenters. The third-order valence-corrected chi connectivity index (χ3v) is 2.89. The van der Waals surface area contributed by atoms with E-state index in [0.717, 1.165) is 6.42 Å². The molecule has 104 valence electrons. The van der Waals surface area contributed by atoms with Crippen molar-refractivity contribution in [2.24, 2.45) is 0 Å². The maximum absolute atomic E-state index is 10.2. The van der Waals surface area contributed by atoms with E-state index in [4.69, 9.17) is 20.6 Å². The van der Waals surface area contributed by atoms with Gasteiger partial charge in [-0.15, -0.1) is 12.3 Å².